The number of aliphatic hydroxyl groups excluding tert-OH is 1. The topological polar surface area (TPSA) is 237 Å². The number of phosphoric acid groups is 2. The average molecular weight is 1630 g/mol. The van der Waals surface area contributed by atoms with E-state index in [1.165, 1.54) is 308 Å². The number of phosphoric ester groups is 2. The van der Waals surface area contributed by atoms with Gasteiger partial charge in [-0.15, -0.1) is 0 Å². The molecule has 0 saturated carbocycles. The monoisotopic (exact) mass is 1630 g/mol. The van der Waals surface area contributed by atoms with Crippen LogP contribution in [0.2, 0.25) is 0 Å². The van der Waals surface area contributed by atoms with Gasteiger partial charge in [-0.25, -0.2) is 9.13 Å². The van der Waals surface area contributed by atoms with Crippen molar-refractivity contribution in [1.82, 2.24) is 0 Å². The predicted octanol–water partition coefficient (Wildman–Crippen LogP) is 28.8. The van der Waals surface area contributed by atoms with Crippen LogP contribution in [0.25, 0.3) is 0 Å². The summed E-state index contributed by atoms with van der Waals surface area (Å²) in [6.45, 7) is 12.1. The standard InChI is InChI=1S/C93H182O17P2/c1-8-10-11-12-13-14-15-16-17-18-19-20-24-30-35-40-45-53-60-67-74-90(95)103-80-88(109-92(97)76-69-62-55-46-41-36-31-25-22-21-23-28-33-38-43-50-57-64-71-84(3)4)82-107-111(99,100)105-78-87(94)79-106-112(101,102)108-83-89(81-104-91(96)75-68-61-54-49-48-52-59-66-73-86(7)9-2)110-93(98)77-70-63-56-47-42-37-32-27-26-29-34-39-44-51-58-65-72-85(5)6/h84-89,94H,8-83H2,1-7H3,(H,99,100)(H,101,102)/t86?,87-,88-,89-/m1/s1. The van der Waals surface area contributed by atoms with Crippen LogP contribution in [-0.2, 0) is 65.4 Å². The molecule has 17 nitrogen and oxygen atoms in total. The molecule has 3 unspecified atom stereocenters. The molecule has 0 spiro atoms. The van der Waals surface area contributed by atoms with E-state index in [0.29, 0.717) is 25.7 Å². The van der Waals surface area contributed by atoms with E-state index >= 15 is 0 Å². The summed E-state index contributed by atoms with van der Waals surface area (Å²) in [5, 5.41) is 10.7. The lowest BCUT2D eigenvalue weighted by molar-refractivity contribution is -0.161. The Morgan fingerprint density at radius 1 is 0.259 bits per heavy atom. The minimum absolute atomic E-state index is 0.108. The van der Waals surface area contributed by atoms with Crippen LogP contribution in [0, 0.1) is 17.8 Å². The van der Waals surface area contributed by atoms with Gasteiger partial charge in [0.2, 0.25) is 0 Å². The number of ether oxygens (including phenoxy) is 4. The highest BCUT2D eigenvalue weighted by Crippen LogP contribution is 2.45. The first-order valence-corrected chi connectivity index (χ1v) is 50.9. The first-order valence-electron chi connectivity index (χ1n) is 47.9. The van der Waals surface area contributed by atoms with E-state index in [1.54, 1.807) is 0 Å². The SMILES string of the molecule is CCCCCCCCCCCCCCCCCCCCCCC(=O)OC[C@H](COP(=O)(O)OC[C@@H](O)COP(=O)(O)OC[C@@H](COC(=O)CCCCCCCCCCC(C)CC)OC(=O)CCCCCCCCCCCCCCCCCCC(C)C)OC(=O)CCCCCCCCCCCCCCCCCCCCC(C)C. The Labute approximate surface area is 689 Å². The maximum absolute atomic E-state index is 13.2. The van der Waals surface area contributed by atoms with Crippen molar-refractivity contribution in [2.75, 3.05) is 39.6 Å². The Bertz CT molecular complexity index is 2150. The largest absolute Gasteiger partial charge is 0.472 e. The number of rotatable bonds is 91. The minimum atomic E-state index is -4.97. The maximum Gasteiger partial charge on any atom is 0.472 e. The van der Waals surface area contributed by atoms with Crippen molar-refractivity contribution in [3.8, 4) is 0 Å². The van der Waals surface area contributed by atoms with Gasteiger partial charge < -0.3 is 33.8 Å². The molecule has 0 aliphatic carbocycles. The summed E-state index contributed by atoms with van der Waals surface area (Å²) < 4.78 is 69.1. The van der Waals surface area contributed by atoms with Crippen LogP contribution in [0.15, 0.2) is 0 Å². The van der Waals surface area contributed by atoms with Gasteiger partial charge in [-0.05, 0) is 43.4 Å². The van der Waals surface area contributed by atoms with Gasteiger partial charge in [-0.3, -0.25) is 37.3 Å². The van der Waals surface area contributed by atoms with Gasteiger partial charge in [0.15, 0.2) is 12.2 Å². The lowest BCUT2D eigenvalue weighted by Gasteiger charge is -2.21. The summed E-state index contributed by atoms with van der Waals surface area (Å²) in [5.41, 5.74) is 0. The summed E-state index contributed by atoms with van der Waals surface area (Å²) in [6, 6.07) is 0. The molecule has 19 heteroatoms. The first kappa shape index (κ1) is 110. The first-order chi connectivity index (χ1) is 54.3. The maximum atomic E-state index is 13.2. The molecule has 666 valence electrons. The van der Waals surface area contributed by atoms with Crippen molar-refractivity contribution in [2.45, 2.75) is 516 Å². The molecule has 3 N–H and O–H groups in total. The number of hydrogen-bond donors (Lipinski definition) is 3. The minimum Gasteiger partial charge on any atom is -0.462 e. The summed E-state index contributed by atoms with van der Waals surface area (Å²) in [4.78, 5) is 73.5. The highest BCUT2D eigenvalue weighted by molar-refractivity contribution is 7.47. The van der Waals surface area contributed by atoms with E-state index in [-0.39, 0.29) is 25.7 Å². The quantitative estimate of drug-likeness (QED) is 0.0222. The number of carbonyl (C=O) groups excluding carboxylic acids is 4. The second kappa shape index (κ2) is 82.7. The van der Waals surface area contributed by atoms with Crippen LogP contribution in [0.5, 0.6) is 0 Å². The third kappa shape index (κ3) is 84.5. The molecule has 0 aromatic rings. The summed E-state index contributed by atoms with van der Waals surface area (Å²) in [7, 11) is -9.94. The van der Waals surface area contributed by atoms with Gasteiger partial charge >= 0.3 is 39.5 Å². The number of aliphatic hydroxyl groups is 1. The lowest BCUT2D eigenvalue weighted by Crippen LogP contribution is -2.30. The van der Waals surface area contributed by atoms with Crippen molar-refractivity contribution in [1.29, 1.82) is 0 Å². The molecule has 0 bridgehead atoms. The normalized spacial score (nSPS) is 14.0. The second-order valence-corrected chi connectivity index (χ2v) is 37.5. The van der Waals surface area contributed by atoms with Gasteiger partial charge in [0, 0.05) is 25.7 Å². The molecule has 112 heavy (non-hydrogen) atoms. The van der Waals surface area contributed by atoms with Crippen LogP contribution in [0.3, 0.4) is 0 Å². The fourth-order valence-corrected chi connectivity index (χ4v) is 16.2. The Morgan fingerprint density at radius 3 is 0.679 bits per heavy atom. The molecular weight excluding hydrogens is 1450 g/mol. The van der Waals surface area contributed by atoms with E-state index in [4.69, 9.17) is 37.0 Å². The fraction of sp³-hybridized carbons (Fsp3) is 0.957. The molecule has 0 aromatic heterocycles. The highest BCUT2D eigenvalue weighted by atomic mass is 31.2. The molecule has 0 aromatic carbocycles. The third-order valence-corrected chi connectivity index (χ3v) is 24.1. The number of unbranched alkanes of at least 4 members (excludes halogenated alkanes) is 58. The molecule has 0 heterocycles. The van der Waals surface area contributed by atoms with E-state index in [1.807, 2.05) is 0 Å². The van der Waals surface area contributed by atoms with Gasteiger partial charge in [-0.1, -0.05) is 447 Å². The summed E-state index contributed by atoms with van der Waals surface area (Å²) in [5.74, 6) is 0.311. The van der Waals surface area contributed by atoms with Gasteiger partial charge in [-0.2, -0.15) is 0 Å². The van der Waals surface area contributed by atoms with E-state index in [0.717, 1.165) is 108 Å². The fourth-order valence-electron chi connectivity index (χ4n) is 14.6. The Balaban J connectivity index is 5.25. The number of esters is 4. The molecule has 0 fully saturated rings. The van der Waals surface area contributed by atoms with Gasteiger partial charge in [0.05, 0.1) is 26.4 Å². The van der Waals surface area contributed by atoms with Crippen LogP contribution < -0.4 is 0 Å². The molecule has 0 saturated heterocycles. The van der Waals surface area contributed by atoms with E-state index < -0.39 is 97.5 Å². The second-order valence-electron chi connectivity index (χ2n) is 34.6. The van der Waals surface area contributed by atoms with Crippen LogP contribution in [0.1, 0.15) is 498 Å². The van der Waals surface area contributed by atoms with Crippen molar-refractivity contribution in [3.05, 3.63) is 0 Å². The summed E-state index contributed by atoms with van der Waals surface area (Å²) in [6.07, 6.45) is 76.5. The lowest BCUT2D eigenvalue weighted by atomic mass is 9.99. The van der Waals surface area contributed by atoms with Crippen LogP contribution in [0.4, 0.5) is 0 Å². The van der Waals surface area contributed by atoms with Gasteiger partial charge in [0.25, 0.3) is 0 Å². The predicted molar refractivity (Wildman–Crippen MR) is 465 cm³/mol. The molecule has 0 radical (unpaired) electrons. The van der Waals surface area contributed by atoms with Gasteiger partial charge in [0.1, 0.15) is 19.3 Å². The molecule has 0 aliphatic heterocycles. The molecular formula is C93H182O17P2. The highest BCUT2D eigenvalue weighted by Gasteiger charge is 2.31. The van der Waals surface area contributed by atoms with Crippen molar-refractivity contribution in [2.24, 2.45) is 17.8 Å². The third-order valence-electron chi connectivity index (χ3n) is 22.2. The smallest absolute Gasteiger partial charge is 0.462 e. The number of carbonyl (C=O) groups is 4. The summed E-state index contributed by atoms with van der Waals surface area (Å²) >= 11 is 0. The van der Waals surface area contributed by atoms with Crippen molar-refractivity contribution < 1.29 is 80.2 Å². The molecule has 0 aliphatic rings. The molecule has 6 atom stereocenters. The van der Waals surface area contributed by atoms with E-state index in [2.05, 4.69) is 48.5 Å². The zero-order valence-corrected chi connectivity index (χ0v) is 75.9. The molecule has 0 amide bonds. The zero-order valence-electron chi connectivity index (χ0n) is 74.2. The van der Waals surface area contributed by atoms with Crippen LogP contribution >= 0.6 is 15.6 Å². The van der Waals surface area contributed by atoms with Crippen LogP contribution in [-0.4, -0.2) is 96.7 Å². The molecule has 0 rings (SSSR count). The van der Waals surface area contributed by atoms with Crippen molar-refractivity contribution in [3.63, 3.8) is 0 Å². The Morgan fingerprint density at radius 2 is 0.455 bits per heavy atom. The van der Waals surface area contributed by atoms with Crippen molar-refractivity contribution >= 4 is 39.5 Å². The van der Waals surface area contributed by atoms with E-state index in [9.17, 15) is 43.2 Å². The number of hydrogen-bond acceptors (Lipinski definition) is 15. The Kier molecular flexibility index (Phi) is 81.3. The Hall–Kier alpha value is -1.94. The average Bonchev–Trinajstić information content (AvgIpc) is 0.897. The zero-order chi connectivity index (χ0) is 82.2.